The Morgan fingerprint density at radius 2 is 1.84 bits per heavy atom. The molecule has 0 saturated heterocycles. The van der Waals surface area contributed by atoms with E-state index < -0.39 is 35.0 Å². The van der Waals surface area contributed by atoms with E-state index in [2.05, 4.69) is 4.74 Å². The summed E-state index contributed by atoms with van der Waals surface area (Å²) in [6.45, 7) is -0.0842. The lowest BCUT2D eigenvalue weighted by Gasteiger charge is -2.12. The van der Waals surface area contributed by atoms with Crippen molar-refractivity contribution in [1.29, 1.82) is 0 Å². The molecular weight excluding hydrogens is 459 g/mol. The third-order valence-electron chi connectivity index (χ3n) is 4.09. The van der Waals surface area contributed by atoms with Crippen LogP contribution in [0.1, 0.15) is 24.0 Å². The van der Waals surface area contributed by atoms with E-state index in [0.29, 0.717) is 6.07 Å². The lowest BCUT2D eigenvalue weighted by Crippen LogP contribution is -2.11. The SMILES string of the molecule is COC(=O)CCCOC(=O)Cc1cc(Oc2ccc(C(F)(F)F)cc2Cl)ccc1[N+](=O)[O-]. The van der Waals surface area contributed by atoms with Crippen LogP contribution in [0.5, 0.6) is 11.5 Å². The Bertz CT molecular complexity index is 1010. The summed E-state index contributed by atoms with van der Waals surface area (Å²) < 4.78 is 53.1. The number of hydrogen-bond donors (Lipinski definition) is 0. The molecule has 8 nitrogen and oxygen atoms in total. The molecule has 0 aliphatic carbocycles. The molecule has 2 aromatic carbocycles. The van der Waals surface area contributed by atoms with Crippen molar-refractivity contribution in [3.63, 3.8) is 0 Å². The fraction of sp³-hybridized carbons (Fsp3) is 0.300. The number of halogens is 4. The van der Waals surface area contributed by atoms with Gasteiger partial charge in [0.1, 0.15) is 11.5 Å². The summed E-state index contributed by atoms with van der Waals surface area (Å²) in [5.74, 6) is -1.33. The van der Waals surface area contributed by atoms with Gasteiger partial charge in [-0.25, -0.2) is 0 Å². The first-order valence-electron chi connectivity index (χ1n) is 9.05. The maximum atomic E-state index is 12.8. The van der Waals surface area contributed by atoms with Crippen LogP contribution in [-0.2, 0) is 31.7 Å². The van der Waals surface area contributed by atoms with Crippen molar-refractivity contribution in [2.24, 2.45) is 0 Å². The molecule has 0 N–H and O–H groups in total. The Balaban J connectivity index is 2.13. The summed E-state index contributed by atoms with van der Waals surface area (Å²) >= 11 is 5.85. The average molecular weight is 476 g/mol. The smallest absolute Gasteiger partial charge is 0.416 e. The molecule has 0 spiro atoms. The van der Waals surface area contributed by atoms with Gasteiger partial charge in [-0.2, -0.15) is 13.2 Å². The lowest BCUT2D eigenvalue weighted by molar-refractivity contribution is -0.385. The number of methoxy groups -OCH3 is 1. The van der Waals surface area contributed by atoms with E-state index in [1.807, 2.05) is 0 Å². The Hall–Kier alpha value is -3.34. The van der Waals surface area contributed by atoms with Crippen molar-refractivity contribution in [2.45, 2.75) is 25.4 Å². The molecule has 0 saturated carbocycles. The number of hydrogen-bond acceptors (Lipinski definition) is 7. The van der Waals surface area contributed by atoms with Gasteiger partial charge >= 0.3 is 18.1 Å². The summed E-state index contributed by atoms with van der Waals surface area (Å²) in [4.78, 5) is 33.6. The van der Waals surface area contributed by atoms with Crippen molar-refractivity contribution >= 4 is 29.2 Å². The normalized spacial score (nSPS) is 11.0. The second-order valence-corrected chi connectivity index (χ2v) is 6.78. The molecule has 32 heavy (non-hydrogen) atoms. The van der Waals surface area contributed by atoms with E-state index in [-0.39, 0.29) is 47.2 Å². The van der Waals surface area contributed by atoms with E-state index >= 15 is 0 Å². The van der Waals surface area contributed by atoms with E-state index in [1.165, 1.54) is 19.2 Å². The largest absolute Gasteiger partial charge is 0.469 e. The monoisotopic (exact) mass is 475 g/mol. The van der Waals surface area contributed by atoms with Crippen molar-refractivity contribution in [3.05, 3.63) is 62.7 Å². The van der Waals surface area contributed by atoms with Crippen LogP contribution in [0, 0.1) is 10.1 Å². The van der Waals surface area contributed by atoms with E-state index in [9.17, 15) is 32.9 Å². The summed E-state index contributed by atoms with van der Waals surface area (Å²) in [6.07, 6.45) is -4.79. The Morgan fingerprint density at radius 3 is 2.44 bits per heavy atom. The highest BCUT2D eigenvalue weighted by Crippen LogP contribution is 2.37. The third kappa shape index (κ3) is 7.12. The maximum absolute atomic E-state index is 12.8. The highest BCUT2D eigenvalue weighted by molar-refractivity contribution is 6.32. The first-order chi connectivity index (χ1) is 15.0. The number of ether oxygens (including phenoxy) is 3. The van der Waals surface area contributed by atoms with Crippen LogP contribution in [0.25, 0.3) is 0 Å². The number of benzene rings is 2. The zero-order chi connectivity index (χ0) is 23.9. The predicted molar refractivity (Wildman–Crippen MR) is 106 cm³/mol. The average Bonchev–Trinajstić information content (AvgIpc) is 2.71. The third-order valence-corrected chi connectivity index (χ3v) is 4.38. The van der Waals surface area contributed by atoms with Crippen LogP contribution >= 0.6 is 11.6 Å². The number of nitrogens with zero attached hydrogens (tertiary/aromatic N) is 1. The molecule has 0 radical (unpaired) electrons. The predicted octanol–water partition coefficient (Wildman–Crippen LogP) is 5.10. The molecule has 12 heteroatoms. The number of rotatable bonds is 9. The maximum Gasteiger partial charge on any atom is 0.416 e. The molecule has 0 amide bonds. The highest BCUT2D eigenvalue weighted by Gasteiger charge is 2.31. The van der Waals surface area contributed by atoms with E-state index in [4.69, 9.17) is 21.1 Å². The summed E-state index contributed by atoms with van der Waals surface area (Å²) in [5, 5.41) is 10.9. The second-order valence-electron chi connectivity index (χ2n) is 6.37. The fourth-order valence-corrected chi connectivity index (χ4v) is 2.76. The van der Waals surface area contributed by atoms with E-state index in [0.717, 1.165) is 18.2 Å². The zero-order valence-corrected chi connectivity index (χ0v) is 17.4. The van der Waals surface area contributed by atoms with Crippen LogP contribution in [0.4, 0.5) is 18.9 Å². The van der Waals surface area contributed by atoms with Crippen molar-refractivity contribution < 1.29 is 41.9 Å². The Labute approximate surface area is 185 Å². The number of carbonyl (C=O) groups excluding carboxylic acids is 2. The van der Waals surface area contributed by atoms with Gasteiger partial charge in [-0.3, -0.25) is 19.7 Å². The number of nitro groups is 1. The molecule has 0 aromatic heterocycles. The van der Waals surface area contributed by atoms with Crippen molar-refractivity contribution in [3.8, 4) is 11.5 Å². The number of esters is 2. The first kappa shape index (κ1) is 24.9. The molecule has 2 aromatic rings. The molecule has 0 atom stereocenters. The fourth-order valence-electron chi connectivity index (χ4n) is 2.54. The van der Waals surface area contributed by atoms with Crippen LogP contribution in [0.2, 0.25) is 5.02 Å². The molecule has 0 heterocycles. The van der Waals surface area contributed by atoms with Gasteiger partial charge in [-0.1, -0.05) is 11.6 Å². The lowest BCUT2D eigenvalue weighted by atomic mass is 10.1. The molecule has 2 rings (SSSR count). The van der Waals surface area contributed by atoms with Gasteiger partial charge in [0.2, 0.25) is 0 Å². The topological polar surface area (TPSA) is 105 Å². The van der Waals surface area contributed by atoms with Gasteiger partial charge in [-0.15, -0.1) is 0 Å². The summed E-state index contributed by atoms with van der Waals surface area (Å²) in [6, 6.07) is 5.99. The molecule has 0 bridgehead atoms. The number of alkyl halides is 3. The molecular formula is C20H17ClF3NO7. The standard InChI is InChI=1S/C20H17ClF3NO7/c1-30-18(26)3-2-8-31-19(27)10-12-9-14(5-6-16(12)25(28)29)32-17-7-4-13(11-15(17)21)20(22,23)24/h4-7,9,11H,2-3,8,10H2,1H3. The molecule has 0 unspecified atom stereocenters. The quantitative estimate of drug-likeness (QED) is 0.215. The Kier molecular flexibility index (Phi) is 8.41. The molecule has 0 fully saturated rings. The van der Waals surface area contributed by atoms with Gasteiger partial charge in [0, 0.05) is 18.1 Å². The van der Waals surface area contributed by atoms with Gasteiger partial charge in [0.05, 0.1) is 35.6 Å². The van der Waals surface area contributed by atoms with E-state index in [1.54, 1.807) is 0 Å². The summed E-state index contributed by atoms with van der Waals surface area (Å²) in [5.41, 5.74) is -1.37. The highest BCUT2D eigenvalue weighted by atomic mass is 35.5. The van der Waals surface area contributed by atoms with Gasteiger partial charge < -0.3 is 14.2 Å². The van der Waals surface area contributed by atoms with Crippen LogP contribution < -0.4 is 4.74 Å². The van der Waals surface area contributed by atoms with Gasteiger partial charge in [0.15, 0.2) is 0 Å². The number of nitro benzene ring substituents is 1. The van der Waals surface area contributed by atoms with Crippen LogP contribution in [0.15, 0.2) is 36.4 Å². The van der Waals surface area contributed by atoms with Crippen molar-refractivity contribution in [1.82, 2.24) is 0 Å². The minimum absolute atomic E-state index is 0.0192. The van der Waals surface area contributed by atoms with Crippen LogP contribution in [-0.4, -0.2) is 30.6 Å². The van der Waals surface area contributed by atoms with Gasteiger partial charge in [0.25, 0.3) is 5.69 Å². The minimum atomic E-state index is -4.58. The first-order valence-corrected chi connectivity index (χ1v) is 9.43. The number of carbonyl (C=O) groups is 2. The summed E-state index contributed by atoms with van der Waals surface area (Å²) in [7, 11) is 1.22. The molecule has 0 aliphatic heterocycles. The zero-order valence-electron chi connectivity index (χ0n) is 16.6. The van der Waals surface area contributed by atoms with Crippen molar-refractivity contribution in [2.75, 3.05) is 13.7 Å². The Morgan fingerprint density at radius 1 is 1.12 bits per heavy atom. The molecule has 0 aliphatic rings. The minimum Gasteiger partial charge on any atom is -0.469 e. The van der Waals surface area contributed by atoms with Gasteiger partial charge in [-0.05, 0) is 36.8 Å². The molecule has 172 valence electrons. The second kappa shape index (κ2) is 10.8. The van der Waals surface area contributed by atoms with Crippen LogP contribution in [0.3, 0.4) is 0 Å².